The molecule has 1 atom stereocenters. The first kappa shape index (κ1) is 20.4. The van der Waals surface area contributed by atoms with Crippen LogP contribution in [-0.4, -0.2) is 35.2 Å². The monoisotopic (exact) mass is 409 g/mol. The molecule has 28 heavy (non-hydrogen) atoms. The predicted octanol–water partition coefficient (Wildman–Crippen LogP) is 3.97. The molecule has 2 aromatic carbocycles. The van der Waals surface area contributed by atoms with Gasteiger partial charge in [-0.3, -0.25) is 9.00 Å². The van der Waals surface area contributed by atoms with E-state index in [1.165, 1.54) is 24.3 Å². The second kappa shape index (κ2) is 9.75. The van der Waals surface area contributed by atoms with E-state index in [1.807, 2.05) is 6.07 Å². The summed E-state index contributed by atoms with van der Waals surface area (Å²) in [6.07, 6.45) is 1.60. The normalized spacial score (nSPS) is 16.0. The standard InChI is InChI=1S/C20H21F2NO4S/c21-20(22)27-17-6-4-15(5-7-17)19(24)23-16-3-1-2-14(12-16)13-28(25)18-8-10-26-11-9-18/h1-7,12,18,20H,8-11,13H2,(H,23,24). The van der Waals surface area contributed by atoms with Gasteiger partial charge in [-0.05, 0) is 54.8 Å². The molecule has 5 nitrogen and oxygen atoms in total. The fourth-order valence-electron chi connectivity index (χ4n) is 2.95. The van der Waals surface area contributed by atoms with E-state index in [-0.39, 0.29) is 16.9 Å². The number of hydrogen-bond acceptors (Lipinski definition) is 4. The number of amides is 1. The molecule has 0 aromatic heterocycles. The van der Waals surface area contributed by atoms with Gasteiger partial charge in [0.2, 0.25) is 0 Å². The lowest BCUT2D eigenvalue weighted by Crippen LogP contribution is -2.25. The van der Waals surface area contributed by atoms with Crippen molar-refractivity contribution >= 4 is 22.4 Å². The summed E-state index contributed by atoms with van der Waals surface area (Å²) in [6.45, 7) is -1.62. The predicted molar refractivity (Wildman–Crippen MR) is 103 cm³/mol. The van der Waals surface area contributed by atoms with Crippen LogP contribution in [0.25, 0.3) is 0 Å². The van der Waals surface area contributed by atoms with Crippen LogP contribution in [0.3, 0.4) is 0 Å². The fourth-order valence-corrected chi connectivity index (χ4v) is 4.41. The largest absolute Gasteiger partial charge is 0.435 e. The number of hydrogen-bond donors (Lipinski definition) is 1. The number of nitrogens with one attached hydrogen (secondary N) is 1. The molecule has 1 aliphatic rings. The minimum Gasteiger partial charge on any atom is -0.435 e. The maximum absolute atomic E-state index is 12.5. The average molecular weight is 409 g/mol. The lowest BCUT2D eigenvalue weighted by atomic mass is 10.2. The Labute approximate surface area is 164 Å². The number of benzene rings is 2. The SMILES string of the molecule is O=C(Nc1cccc(CS(=O)C2CCOCC2)c1)c1ccc(OC(F)F)cc1. The van der Waals surface area contributed by atoms with E-state index in [4.69, 9.17) is 4.74 Å². The molecule has 1 fully saturated rings. The van der Waals surface area contributed by atoms with Gasteiger partial charge >= 0.3 is 6.61 Å². The van der Waals surface area contributed by atoms with Crippen molar-refractivity contribution in [2.75, 3.05) is 18.5 Å². The highest BCUT2D eigenvalue weighted by molar-refractivity contribution is 7.84. The van der Waals surface area contributed by atoms with Crippen molar-refractivity contribution in [3.05, 3.63) is 59.7 Å². The average Bonchev–Trinajstić information content (AvgIpc) is 2.69. The molecule has 1 heterocycles. The molecule has 8 heteroatoms. The van der Waals surface area contributed by atoms with Crippen molar-refractivity contribution in [1.29, 1.82) is 0 Å². The third kappa shape index (κ3) is 5.84. The van der Waals surface area contributed by atoms with Gasteiger partial charge in [0.05, 0.1) is 0 Å². The number of ether oxygens (including phenoxy) is 2. The highest BCUT2D eigenvalue weighted by Gasteiger charge is 2.20. The summed E-state index contributed by atoms with van der Waals surface area (Å²) in [5, 5.41) is 2.90. The van der Waals surface area contributed by atoms with E-state index < -0.39 is 17.4 Å². The van der Waals surface area contributed by atoms with E-state index in [0.29, 0.717) is 30.2 Å². The molecule has 1 saturated heterocycles. The van der Waals surface area contributed by atoms with Crippen molar-refractivity contribution in [1.82, 2.24) is 0 Å². The Bertz CT molecular complexity index is 823. The Hall–Kier alpha value is -2.32. The van der Waals surface area contributed by atoms with Crippen molar-refractivity contribution in [2.24, 2.45) is 0 Å². The van der Waals surface area contributed by atoms with Gasteiger partial charge in [-0.15, -0.1) is 0 Å². The molecular formula is C20H21F2NO4S. The van der Waals surface area contributed by atoms with Gasteiger partial charge < -0.3 is 14.8 Å². The van der Waals surface area contributed by atoms with Gasteiger partial charge in [0.1, 0.15) is 5.75 Å². The van der Waals surface area contributed by atoms with E-state index in [2.05, 4.69) is 10.1 Å². The van der Waals surface area contributed by atoms with Crippen LogP contribution in [-0.2, 0) is 21.3 Å². The second-order valence-electron chi connectivity index (χ2n) is 6.39. The zero-order chi connectivity index (χ0) is 19.9. The van der Waals surface area contributed by atoms with Crippen molar-refractivity contribution < 1.29 is 27.3 Å². The molecule has 1 amide bonds. The summed E-state index contributed by atoms with van der Waals surface area (Å²) >= 11 is 0. The molecule has 0 aliphatic carbocycles. The molecule has 0 spiro atoms. The summed E-state index contributed by atoms with van der Waals surface area (Å²) in [4.78, 5) is 12.4. The Kier molecular flexibility index (Phi) is 7.11. The number of halogens is 2. The van der Waals surface area contributed by atoms with Gasteiger partial charge in [-0.2, -0.15) is 8.78 Å². The molecule has 1 aliphatic heterocycles. The summed E-state index contributed by atoms with van der Waals surface area (Å²) in [7, 11) is -0.990. The molecule has 0 radical (unpaired) electrons. The van der Waals surface area contributed by atoms with Crippen LogP contribution < -0.4 is 10.1 Å². The quantitative estimate of drug-likeness (QED) is 0.752. The van der Waals surface area contributed by atoms with Gasteiger partial charge in [-0.25, -0.2) is 0 Å². The maximum Gasteiger partial charge on any atom is 0.387 e. The third-order valence-electron chi connectivity index (χ3n) is 4.38. The lowest BCUT2D eigenvalue weighted by molar-refractivity contribution is -0.0498. The van der Waals surface area contributed by atoms with Gasteiger partial charge in [0.15, 0.2) is 0 Å². The third-order valence-corrected chi connectivity index (χ3v) is 6.21. The fraction of sp³-hybridized carbons (Fsp3) is 0.350. The lowest BCUT2D eigenvalue weighted by Gasteiger charge is -2.21. The summed E-state index contributed by atoms with van der Waals surface area (Å²) < 4.78 is 46.5. The van der Waals surface area contributed by atoms with Crippen LogP contribution in [0.4, 0.5) is 14.5 Å². The minimum atomic E-state index is -2.91. The number of carbonyl (C=O) groups is 1. The van der Waals surface area contributed by atoms with Crippen molar-refractivity contribution in [3.63, 3.8) is 0 Å². The van der Waals surface area contributed by atoms with Crippen LogP contribution in [0.1, 0.15) is 28.8 Å². The van der Waals surface area contributed by atoms with Gasteiger partial charge in [0.25, 0.3) is 5.91 Å². The molecule has 0 saturated carbocycles. The summed E-state index contributed by atoms with van der Waals surface area (Å²) in [6, 6.07) is 12.7. The number of carbonyl (C=O) groups excluding carboxylic acids is 1. The van der Waals surface area contributed by atoms with Crippen LogP contribution in [0.2, 0.25) is 0 Å². The van der Waals surface area contributed by atoms with E-state index in [1.54, 1.807) is 18.2 Å². The van der Waals surface area contributed by atoms with Crippen LogP contribution in [0, 0.1) is 0 Å². The second-order valence-corrected chi connectivity index (χ2v) is 8.11. The topological polar surface area (TPSA) is 64.6 Å². The van der Waals surface area contributed by atoms with Crippen LogP contribution >= 0.6 is 0 Å². The Morgan fingerprint density at radius 2 is 1.89 bits per heavy atom. The highest BCUT2D eigenvalue weighted by Crippen LogP contribution is 2.20. The zero-order valence-electron chi connectivity index (χ0n) is 15.1. The molecule has 2 aromatic rings. The van der Waals surface area contributed by atoms with Crippen LogP contribution in [0.5, 0.6) is 5.75 Å². The summed E-state index contributed by atoms with van der Waals surface area (Å²) in [5.74, 6) is 0.0454. The Morgan fingerprint density at radius 1 is 1.18 bits per heavy atom. The molecule has 0 bridgehead atoms. The molecule has 150 valence electrons. The first-order valence-corrected chi connectivity index (χ1v) is 10.3. The summed E-state index contributed by atoms with van der Waals surface area (Å²) in [5.41, 5.74) is 1.78. The number of alkyl halides is 2. The van der Waals surface area contributed by atoms with E-state index >= 15 is 0 Å². The first-order valence-electron chi connectivity index (χ1n) is 8.91. The smallest absolute Gasteiger partial charge is 0.387 e. The van der Waals surface area contributed by atoms with Crippen molar-refractivity contribution in [3.8, 4) is 5.75 Å². The van der Waals surface area contributed by atoms with Crippen molar-refractivity contribution in [2.45, 2.75) is 30.5 Å². The molecular weight excluding hydrogens is 388 g/mol. The van der Waals surface area contributed by atoms with Gasteiger partial charge in [0, 0.05) is 46.3 Å². The molecule has 1 unspecified atom stereocenters. The zero-order valence-corrected chi connectivity index (χ0v) is 15.9. The number of rotatable bonds is 7. The number of anilines is 1. The maximum atomic E-state index is 12.5. The van der Waals surface area contributed by atoms with Crippen LogP contribution in [0.15, 0.2) is 48.5 Å². The van der Waals surface area contributed by atoms with E-state index in [0.717, 1.165) is 18.4 Å². The Balaban J connectivity index is 1.60. The van der Waals surface area contributed by atoms with Gasteiger partial charge in [-0.1, -0.05) is 12.1 Å². The first-order chi connectivity index (χ1) is 13.5. The molecule has 1 N–H and O–H groups in total. The molecule has 3 rings (SSSR count). The van der Waals surface area contributed by atoms with E-state index in [9.17, 15) is 17.8 Å². The highest BCUT2D eigenvalue weighted by atomic mass is 32.2. The Morgan fingerprint density at radius 3 is 2.57 bits per heavy atom. The minimum absolute atomic E-state index is 0.0101.